The zero-order valence-electron chi connectivity index (χ0n) is 15.3. The number of halogens is 1. The maximum atomic E-state index is 12.7. The summed E-state index contributed by atoms with van der Waals surface area (Å²) in [6, 6.07) is 11.5. The molecule has 0 aromatic heterocycles. The minimum atomic E-state index is 0.129. The van der Waals surface area contributed by atoms with Crippen molar-refractivity contribution >= 4 is 17.5 Å². The number of rotatable bonds is 6. The zero-order valence-corrected chi connectivity index (χ0v) is 16.0. The van der Waals surface area contributed by atoms with E-state index in [1.165, 1.54) is 5.56 Å². The average molecular weight is 374 g/mol. The number of carbonyl (C=O) groups is 1. The topological polar surface area (TPSA) is 38.8 Å². The Bertz CT molecular complexity index is 774. The molecule has 0 fully saturated rings. The number of benzene rings is 2. The van der Waals surface area contributed by atoms with E-state index >= 15 is 0 Å². The van der Waals surface area contributed by atoms with E-state index in [2.05, 4.69) is 6.07 Å². The minimum absolute atomic E-state index is 0.129. The van der Waals surface area contributed by atoms with E-state index in [0.717, 1.165) is 35.6 Å². The van der Waals surface area contributed by atoms with Crippen LogP contribution in [-0.4, -0.2) is 30.6 Å². The van der Waals surface area contributed by atoms with Crippen molar-refractivity contribution in [2.45, 2.75) is 33.2 Å². The van der Waals surface area contributed by atoms with Crippen LogP contribution in [0.2, 0.25) is 5.02 Å². The number of carbonyl (C=O) groups excluding carboxylic acids is 1. The van der Waals surface area contributed by atoms with E-state index in [1.54, 1.807) is 0 Å². The van der Waals surface area contributed by atoms with Gasteiger partial charge in [0.1, 0.15) is 0 Å². The van der Waals surface area contributed by atoms with Gasteiger partial charge in [-0.2, -0.15) is 0 Å². The van der Waals surface area contributed by atoms with Crippen LogP contribution in [0.1, 0.15) is 30.5 Å². The molecule has 2 aromatic rings. The molecule has 4 nitrogen and oxygen atoms in total. The maximum absolute atomic E-state index is 12.7. The summed E-state index contributed by atoms with van der Waals surface area (Å²) in [7, 11) is 0. The Hall–Kier alpha value is -2.20. The lowest BCUT2D eigenvalue weighted by Gasteiger charge is -2.30. The largest absolute Gasteiger partial charge is 0.490 e. The summed E-state index contributed by atoms with van der Waals surface area (Å²) in [6.45, 7) is 6.43. The number of hydrogen-bond acceptors (Lipinski definition) is 3. The molecule has 0 aliphatic carbocycles. The van der Waals surface area contributed by atoms with Gasteiger partial charge in [-0.05, 0) is 61.2 Å². The van der Waals surface area contributed by atoms with E-state index in [0.29, 0.717) is 31.2 Å². The Kier molecular flexibility index (Phi) is 6.04. The lowest BCUT2D eigenvalue weighted by Crippen LogP contribution is -2.37. The van der Waals surface area contributed by atoms with Crippen LogP contribution in [0.3, 0.4) is 0 Å². The Morgan fingerprint density at radius 2 is 1.65 bits per heavy atom. The third-order valence-electron chi connectivity index (χ3n) is 4.50. The normalized spacial score (nSPS) is 13.3. The first-order valence-corrected chi connectivity index (χ1v) is 9.42. The summed E-state index contributed by atoms with van der Waals surface area (Å²) >= 11 is 5.91. The molecule has 1 aliphatic rings. The van der Waals surface area contributed by atoms with Gasteiger partial charge in [0, 0.05) is 18.1 Å². The number of nitrogens with zero attached hydrogens (tertiary/aromatic N) is 1. The molecule has 5 heteroatoms. The molecular weight excluding hydrogens is 350 g/mol. The van der Waals surface area contributed by atoms with Gasteiger partial charge in [0.25, 0.3) is 0 Å². The van der Waals surface area contributed by atoms with Crippen LogP contribution in [0.4, 0.5) is 0 Å². The molecule has 0 saturated heterocycles. The highest BCUT2D eigenvalue weighted by Crippen LogP contribution is 2.34. The molecule has 1 amide bonds. The van der Waals surface area contributed by atoms with E-state index in [1.807, 2.05) is 49.1 Å². The SMILES string of the molecule is CCOc1cc2c(cc1OCC)CN(C(=O)Cc1ccc(Cl)cc1)CC2. The van der Waals surface area contributed by atoms with Crippen LogP contribution in [-0.2, 0) is 24.2 Å². The number of ether oxygens (including phenoxy) is 2. The second kappa shape index (κ2) is 8.45. The van der Waals surface area contributed by atoms with Crippen molar-refractivity contribution in [1.82, 2.24) is 4.90 Å². The maximum Gasteiger partial charge on any atom is 0.227 e. The van der Waals surface area contributed by atoms with Crippen molar-refractivity contribution in [3.8, 4) is 11.5 Å². The molecule has 0 bridgehead atoms. The lowest BCUT2D eigenvalue weighted by molar-refractivity contribution is -0.131. The van der Waals surface area contributed by atoms with Crippen molar-refractivity contribution in [1.29, 1.82) is 0 Å². The predicted molar refractivity (Wildman–Crippen MR) is 103 cm³/mol. The quantitative estimate of drug-likeness (QED) is 0.759. The highest BCUT2D eigenvalue weighted by molar-refractivity contribution is 6.30. The first-order valence-electron chi connectivity index (χ1n) is 9.04. The standard InChI is InChI=1S/C21H24ClNO3/c1-3-25-19-12-16-9-10-23(14-17(16)13-20(19)26-4-2)21(24)11-15-5-7-18(22)8-6-15/h5-8,12-13H,3-4,9-11,14H2,1-2H3. The minimum Gasteiger partial charge on any atom is -0.490 e. The third-order valence-corrected chi connectivity index (χ3v) is 4.75. The van der Waals surface area contributed by atoms with Crippen LogP contribution in [0, 0.1) is 0 Å². The van der Waals surface area contributed by atoms with E-state index in [-0.39, 0.29) is 5.91 Å². The summed E-state index contributed by atoms with van der Waals surface area (Å²) in [5.74, 6) is 1.67. The van der Waals surface area contributed by atoms with Gasteiger partial charge in [-0.3, -0.25) is 4.79 Å². The third kappa shape index (κ3) is 4.31. The summed E-state index contributed by atoms with van der Waals surface area (Å²) in [5, 5.41) is 0.682. The number of amides is 1. The van der Waals surface area contributed by atoms with Crippen molar-refractivity contribution in [3.05, 3.63) is 58.1 Å². The van der Waals surface area contributed by atoms with Crippen LogP contribution < -0.4 is 9.47 Å². The zero-order chi connectivity index (χ0) is 18.5. The second-order valence-electron chi connectivity index (χ2n) is 6.30. The molecule has 138 valence electrons. The Morgan fingerprint density at radius 1 is 1.04 bits per heavy atom. The van der Waals surface area contributed by atoms with Crippen LogP contribution in [0.25, 0.3) is 0 Å². The molecule has 1 heterocycles. The molecule has 0 spiro atoms. The van der Waals surface area contributed by atoms with Crippen LogP contribution >= 0.6 is 11.6 Å². The summed E-state index contributed by atoms with van der Waals surface area (Å²) < 4.78 is 11.4. The van der Waals surface area contributed by atoms with Gasteiger partial charge in [-0.1, -0.05) is 23.7 Å². The molecule has 0 unspecified atom stereocenters. The van der Waals surface area contributed by atoms with Gasteiger partial charge in [-0.15, -0.1) is 0 Å². The van der Waals surface area contributed by atoms with Gasteiger partial charge >= 0.3 is 0 Å². The average Bonchev–Trinajstić information content (AvgIpc) is 2.64. The van der Waals surface area contributed by atoms with Gasteiger partial charge in [0.2, 0.25) is 5.91 Å². The molecular formula is C21H24ClNO3. The van der Waals surface area contributed by atoms with Gasteiger partial charge in [-0.25, -0.2) is 0 Å². The number of hydrogen-bond donors (Lipinski definition) is 0. The van der Waals surface area contributed by atoms with E-state index < -0.39 is 0 Å². The van der Waals surface area contributed by atoms with E-state index in [9.17, 15) is 4.79 Å². The molecule has 0 N–H and O–H groups in total. The molecule has 0 radical (unpaired) electrons. The molecule has 3 rings (SSSR count). The van der Waals surface area contributed by atoms with Gasteiger partial charge in [0.05, 0.1) is 19.6 Å². The van der Waals surface area contributed by atoms with Crippen molar-refractivity contribution in [2.24, 2.45) is 0 Å². The fourth-order valence-corrected chi connectivity index (χ4v) is 3.33. The van der Waals surface area contributed by atoms with Crippen molar-refractivity contribution < 1.29 is 14.3 Å². The van der Waals surface area contributed by atoms with Crippen molar-refractivity contribution in [3.63, 3.8) is 0 Å². The van der Waals surface area contributed by atoms with Crippen LogP contribution in [0.15, 0.2) is 36.4 Å². The first kappa shape index (κ1) is 18.6. The van der Waals surface area contributed by atoms with E-state index in [4.69, 9.17) is 21.1 Å². The fraction of sp³-hybridized carbons (Fsp3) is 0.381. The smallest absolute Gasteiger partial charge is 0.227 e. The highest BCUT2D eigenvalue weighted by atomic mass is 35.5. The summed E-state index contributed by atoms with van der Waals surface area (Å²) in [5.41, 5.74) is 3.34. The fourth-order valence-electron chi connectivity index (χ4n) is 3.20. The Morgan fingerprint density at radius 3 is 2.27 bits per heavy atom. The molecule has 0 saturated carbocycles. The van der Waals surface area contributed by atoms with Gasteiger partial charge < -0.3 is 14.4 Å². The molecule has 2 aromatic carbocycles. The first-order chi connectivity index (χ1) is 12.6. The van der Waals surface area contributed by atoms with Gasteiger partial charge in [0.15, 0.2) is 11.5 Å². The predicted octanol–water partition coefficient (Wildman–Crippen LogP) is 4.26. The highest BCUT2D eigenvalue weighted by Gasteiger charge is 2.23. The molecule has 26 heavy (non-hydrogen) atoms. The monoisotopic (exact) mass is 373 g/mol. The van der Waals surface area contributed by atoms with Crippen LogP contribution in [0.5, 0.6) is 11.5 Å². The molecule has 0 atom stereocenters. The second-order valence-corrected chi connectivity index (χ2v) is 6.74. The summed E-state index contributed by atoms with van der Waals surface area (Å²) in [6.07, 6.45) is 1.22. The molecule has 1 aliphatic heterocycles. The Labute approximate surface area is 159 Å². The lowest BCUT2D eigenvalue weighted by atomic mass is 9.98. The summed E-state index contributed by atoms with van der Waals surface area (Å²) in [4.78, 5) is 14.6. The Balaban J connectivity index is 1.74. The van der Waals surface area contributed by atoms with Crippen molar-refractivity contribution in [2.75, 3.05) is 19.8 Å². The number of fused-ring (bicyclic) bond motifs is 1.